The molecule has 21 heavy (non-hydrogen) atoms. The number of amides is 2. The van der Waals surface area contributed by atoms with Crippen molar-refractivity contribution >= 4 is 27.9 Å². The number of hydrogen-bond donors (Lipinski definition) is 1. The van der Waals surface area contributed by atoms with Gasteiger partial charge in [0.15, 0.2) is 0 Å². The van der Waals surface area contributed by atoms with E-state index in [0.717, 1.165) is 12.8 Å². The van der Waals surface area contributed by atoms with E-state index in [9.17, 15) is 9.59 Å². The molecule has 2 heterocycles. The first-order valence-corrected chi connectivity index (χ1v) is 7.73. The molecule has 2 rings (SSSR count). The van der Waals surface area contributed by atoms with Gasteiger partial charge >= 0.3 is 6.09 Å². The summed E-state index contributed by atoms with van der Waals surface area (Å²) in [6.07, 6.45) is 2.87. The van der Waals surface area contributed by atoms with E-state index in [1.165, 1.54) is 0 Å². The number of rotatable bonds is 3. The van der Waals surface area contributed by atoms with Crippen LogP contribution in [0.15, 0.2) is 22.9 Å². The number of likely N-dealkylation sites (tertiary alicyclic amines) is 1. The van der Waals surface area contributed by atoms with E-state index in [-0.39, 0.29) is 11.9 Å². The highest BCUT2D eigenvalue weighted by molar-refractivity contribution is 9.10. The second-order valence-electron chi connectivity index (χ2n) is 4.82. The lowest BCUT2D eigenvalue weighted by Gasteiger charge is -2.33. The molecular formula is C14H18BrN3O3. The smallest absolute Gasteiger partial charge is 0.407 e. The van der Waals surface area contributed by atoms with Crippen molar-refractivity contribution in [3.8, 4) is 0 Å². The van der Waals surface area contributed by atoms with Crippen molar-refractivity contribution in [2.75, 3.05) is 19.7 Å². The molecule has 1 saturated heterocycles. The largest absolute Gasteiger partial charge is 0.450 e. The van der Waals surface area contributed by atoms with Crippen LogP contribution in [0, 0.1) is 0 Å². The Kier molecular flexibility index (Phi) is 5.55. The van der Waals surface area contributed by atoms with Crippen molar-refractivity contribution < 1.29 is 14.3 Å². The normalized spacial score (nSPS) is 18.2. The van der Waals surface area contributed by atoms with Crippen LogP contribution in [0.4, 0.5) is 4.79 Å². The second-order valence-corrected chi connectivity index (χ2v) is 5.63. The van der Waals surface area contributed by atoms with Gasteiger partial charge in [-0.25, -0.2) is 9.78 Å². The van der Waals surface area contributed by atoms with Crippen LogP contribution >= 0.6 is 15.9 Å². The molecule has 1 unspecified atom stereocenters. The van der Waals surface area contributed by atoms with Gasteiger partial charge in [-0.1, -0.05) is 0 Å². The van der Waals surface area contributed by atoms with Crippen molar-refractivity contribution in [1.82, 2.24) is 15.2 Å². The Morgan fingerprint density at radius 2 is 2.38 bits per heavy atom. The van der Waals surface area contributed by atoms with E-state index < -0.39 is 6.09 Å². The minimum Gasteiger partial charge on any atom is -0.450 e. The van der Waals surface area contributed by atoms with Crippen LogP contribution in [0.1, 0.15) is 30.1 Å². The fourth-order valence-corrected chi connectivity index (χ4v) is 2.70. The van der Waals surface area contributed by atoms with Crippen LogP contribution in [0.25, 0.3) is 0 Å². The van der Waals surface area contributed by atoms with Gasteiger partial charge in [-0.2, -0.15) is 0 Å². The Morgan fingerprint density at radius 1 is 1.57 bits per heavy atom. The summed E-state index contributed by atoms with van der Waals surface area (Å²) >= 11 is 3.26. The van der Waals surface area contributed by atoms with Gasteiger partial charge in [-0.3, -0.25) is 4.79 Å². The summed E-state index contributed by atoms with van der Waals surface area (Å²) in [7, 11) is 0. The number of nitrogens with one attached hydrogen (secondary N) is 1. The van der Waals surface area contributed by atoms with E-state index in [1.807, 2.05) is 0 Å². The summed E-state index contributed by atoms with van der Waals surface area (Å²) in [6.45, 7) is 3.29. The number of carbonyl (C=O) groups excluding carboxylic acids is 2. The molecular weight excluding hydrogens is 338 g/mol. The predicted octanol–water partition coefficient (Wildman–Crippen LogP) is 2.19. The van der Waals surface area contributed by atoms with Gasteiger partial charge in [-0.05, 0) is 47.8 Å². The van der Waals surface area contributed by atoms with Crippen LogP contribution in [-0.2, 0) is 4.74 Å². The summed E-state index contributed by atoms with van der Waals surface area (Å²) in [5, 5.41) is 2.79. The molecule has 0 aliphatic carbocycles. The molecule has 1 aliphatic heterocycles. The molecule has 0 spiro atoms. The minimum absolute atomic E-state index is 0.0477. The number of alkyl carbamates (subject to hydrolysis) is 1. The van der Waals surface area contributed by atoms with Gasteiger partial charge in [0.05, 0.1) is 6.61 Å². The molecule has 1 aromatic rings. The average Bonchev–Trinajstić information content (AvgIpc) is 2.47. The summed E-state index contributed by atoms with van der Waals surface area (Å²) in [6, 6.07) is 3.33. The molecule has 1 atom stereocenters. The van der Waals surface area contributed by atoms with Crippen molar-refractivity contribution in [3.63, 3.8) is 0 Å². The molecule has 1 N–H and O–H groups in total. The lowest BCUT2D eigenvalue weighted by atomic mass is 10.0. The predicted molar refractivity (Wildman–Crippen MR) is 81.0 cm³/mol. The van der Waals surface area contributed by atoms with Gasteiger partial charge < -0.3 is 15.0 Å². The molecule has 1 aromatic heterocycles. The Hall–Kier alpha value is -1.63. The maximum Gasteiger partial charge on any atom is 0.407 e. The highest BCUT2D eigenvalue weighted by atomic mass is 79.9. The summed E-state index contributed by atoms with van der Waals surface area (Å²) in [4.78, 5) is 29.7. The average molecular weight is 356 g/mol. The number of aromatic nitrogens is 1. The molecule has 6 nitrogen and oxygen atoms in total. The zero-order valence-electron chi connectivity index (χ0n) is 11.8. The summed E-state index contributed by atoms with van der Waals surface area (Å²) < 4.78 is 5.50. The van der Waals surface area contributed by atoms with E-state index in [0.29, 0.717) is 29.9 Å². The van der Waals surface area contributed by atoms with Gasteiger partial charge in [0.2, 0.25) is 0 Å². The molecule has 0 radical (unpaired) electrons. The molecule has 0 saturated carbocycles. The zero-order chi connectivity index (χ0) is 15.2. The maximum absolute atomic E-state index is 12.4. The fourth-order valence-electron chi connectivity index (χ4n) is 2.34. The molecule has 2 amide bonds. The Balaban J connectivity index is 1.97. The van der Waals surface area contributed by atoms with E-state index in [1.54, 1.807) is 30.2 Å². The third-order valence-corrected chi connectivity index (χ3v) is 3.71. The van der Waals surface area contributed by atoms with E-state index >= 15 is 0 Å². The van der Waals surface area contributed by atoms with E-state index in [4.69, 9.17) is 4.74 Å². The SMILES string of the molecule is CCOC(=O)NC1CCCN(C(=O)c2ccnc(Br)c2)C1. The fraction of sp³-hybridized carbons (Fsp3) is 0.500. The van der Waals surface area contributed by atoms with Crippen molar-refractivity contribution in [2.45, 2.75) is 25.8 Å². The van der Waals surface area contributed by atoms with Crippen LogP contribution < -0.4 is 5.32 Å². The van der Waals surface area contributed by atoms with Crippen LogP contribution in [0.3, 0.4) is 0 Å². The number of ether oxygens (including phenoxy) is 1. The third kappa shape index (κ3) is 4.42. The van der Waals surface area contributed by atoms with Crippen LogP contribution in [-0.4, -0.2) is 47.6 Å². The highest BCUT2D eigenvalue weighted by Gasteiger charge is 2.25. The molecule has 0 bridgehead atoms. The number of carbonyl (C=O) groups is 2. The van der Waals surface area contributed by atoms with E-state index in [2.05, 4.69) is 26.2 Å². The summed E-state index contributed by atoms with van der Waals surface area (Å²) in [5.41, 5.74) is 0.591. The Bertz CT molecular complexity index is 524. The third-order valence-electron chi connectivity index (χ3n) is 3.28. The topological polar surface area (TPSA) is 71.5 Å². The first-order chi connectivity index (χ1) is 10.1. The number of pyridine rings is 1. The monoisotopic (exact) mass is 355 g/mol. The van der Waals surface area contributed by atoms with Gasteiger partial charge in [-0.15, -0.1) is 0 Å². The van der Waals surface area contributed by atoms with Crippen LogP contribution in [0.5, 0.6) is 0 Å². The van der Waals surface area contributed by atoms with Crippen LogP contribution in [0.2, 0.25) is 0 Å². The zero-order valence-corrected chi connectivity index (χ0v) is 13.4. The number of hydrogen-bond acceptors (Lipinski definition) is 4. The number of halogens is 1. The Morgan fingerprint density at radius 3 is 3.10 bits per heavy atom. The molecule has 1 aliphatic rings. The number of piperidine rings is 1. The minimum atomic E-state index is -0.427. The van der Waals surface area contributed by atoms with Gasteiger partial charge in [0.25, 0.3) is 5.91 Å². The molecule has 7 heteroatoms. The Labute approximate surface area is 132 Å². The lowest BCUT2D eigenvalue weighted by molar-refractivity contribution is 0.0686. The lowest BCUT2D eigenvalue weighted by Crippen LogP contribution is -2.49. The molecule has 0 aromatic carbocycles. The molecule has 114 valence electrons. The quantitative estimate of drug-likeness (QED) is 0.843. The summed E-state index contributed by atoms with van der Waals surface area (Å²) in [5.74, 6) is -0.0477. The second kappa shape index (κ2) is 7.40. The number of nitrogens with zero attached hydrogens (tertiary/aromatic N) is 2. The first-order valence-electron chi connectivity index (χ1n) is 6.94. The van der Waals surface area contributed by atoms with Gasteiger partial charge in [0.1, 0.15) is 4.60 Å². The van der Waals surface area contributed by atoms with Crippen molar-refractivity contribution in [1.29, 1.82) is 0 Å². The van der Waals surface area contributed by atoms with Crippen molar-refractivity contribution in [2.24, 2.45) is 0 Å². The first kappa shape index (κ1) is 15.8. The van der Waals surface area contributed by atoms with Gasteiger partial charge in [0, 0.05) is 30.9 Å². The highest BCUT2D eigenvalue weighted by Crippen LogP contribution is 2.16. The van der Waals surface area contributed by atoms with Crippen molar-refractivity contribution in [3.05, 3.63) is 28.5 Å². The molecule has 1 fully saturated rings. The standard InChI is InChI=1S/C14H18BrN3O3/c1-2-21-14(20)17-11-4-3-7-18(9-11)13(19)10-5-6-16-12(15)8-10/h5-6,8,11H,2-4,7,9H2,1H3,(H,17,20). The maximum atomic E-state index is 12.4.